The number of rotatable bonds is 3. The predicted octanol–water partition coefficient (Wildman–Crippen LogP) is 3.75. The summed E-state index contributed by atoms with van der Waals surface area (Å²) < 4.78 is 5.30. The first kappa shape index (κ1) is 21.4. The van der Waals surface area contributed by atoms with E-state index in [1.54, 1.807) is 54.4 Å². The van der Waals surface area contributed by atoms with Crippen LogP contribution in [0, 0.1) is 0 Å². The van der Waals surface area contributed by atoms with E-state index in [0.717, 1.165) is 0 Å². The van der Waals surface area contributed by atoms with Gasteiger partial charge in [0.15, 0.2) is 5.17 Å². The van der Waals surface area contributed by atoms with Crippen LogP contribution in [0.5, 0.6) is 5.75 Å². The molecule has 2 aliphatic rings. The lowest BCUT2D eigenvalue weighted by atomic mass is 10.1. The van der Waals surface area contributed by atoms with E-state index >= 15 is 0 Å². The van der Waals surface area contributed by atoms with Gasteiger partial charge in [-0.05, 0) is 54.2 Å². The molecule has 2 aliphatic heterocycles. The number of amides is 2. The Labute approximate surface area is 189 Å². The lowest BCUT2D eigenvalue weighted by molar-refractivity contribution is -0.121. The van der Waals surface area contributed by atoms with E-state index < -0.39 is 0 Å². The molecule has 160 valence electrons. The zero-order chi connectivity index (χ0) is 22.0. The molecule has 7 nitrogen and oxygen atoms in total. The molecule has 9 heteroatoms. The molecule has 0 unspecified atom stereocenters. The van der Waals surface area contributed by atoms with E-state index in [0.29, 0.717) is 58.2 Å². The maximum absolute atomic E-state index is 12.7. The van der Waals surface area contributed by atoms with Crippen molar-refractivity contribution in [1.82, 2.24) is 9.80 Å². The van der Waals surface area contributed by atoms with Crippen molar-refractivity contribution in [2.45, 2.75) is 0 Å². The summed E-state index contributed by atoms with van der Waals surface area (Å²) in [6.45, 7) is 2.20. The summed E-state index contributed by atoms with van der Waals surface area (Å²) in [5.74, 6) is -0.262. The molecule has 2 saturated heterocycles. The van der Waals surface area contributed by atoms with Gasteiger partial charge in [-0.1, -0.05) is 17.7 Å². The van der Waals surface area contributed by atoms with Crippen molar-refractivity contribution in [2.75, 3.05) is 33.4 Å². The van der Waals surface area contributed by atoms with E-state index in [1.165, 1.54) is 22.7 Å². The maximum Gasteiger partial charge on any atom is 0.266 e. The van der Waals surface area contributed by atoms with Crippen LogP contribution in [0.15, 0.2) is 52.4 Å². The SMILES string of the molecule is CN1C(=O)/C(=C\c2cc(Cl)ccc2O)SC1=Nc1cccc(C(=O)N2CCOCC2)c1. The van der Waals surface area contributed by atoms with Gasteiger partial charge in [-0.3, -0.25) is 14.5 Å². The van der Waals surface area contributed by atoms with Crippen LogP contribution < -0.4 is 0 Å². The molecule has 2 heterocycles. The van der Waals surface area contributed by atoms with Crippen LogP contribution in [0.2, 0.25) is 5.02 Å². The Morgan fingerprint density at radius 2 is 2.00 bits per heavy atom. The molecule has 2 aromatic carbocycles. The summed E-state index contributed by atoms with van der Waals surface area (Å²) in [7, 11) is 1.63. The summed E-state index contributed by atoms with van der Waals surface area (Å²) >= 11 is 7.19. The molecule has 0 aliphatic carbocycles. The fraction of sp³-hybridized carbons (Fsp3) is 0.227. The summed E-state index contributed by atoms with van der Waals surface area (Å²) in [5, 5.41) is 11.0. The van der Waals surface area contributed by atoms with Crippen LogP contribution in [0.3, 0.4) is 0 Å². The van der Waals surface area contributed by atoms with E-state index in [4.69, 9.17) is 16.3 Å². The number of ether oxygens (including phenoxy) is 1. The van der Waals surface area contributed by atoms with Gasteiger partial charge >= 0.3 is 0 Å². The number of likely N-dealkylation sites (N-methyl/N-ethyl adjacent to an activating group) is 1. The fourth-order valence-corrected chi connectivity index (χ4v) is 4.36. The predicted molar refractivity (Wildman–Crippen MR) is 122 cm³/mol. The van der Waals surface area contributed by atoms with Crippen LogP contribution in [-0.4, -0.2) is 65.2 Å². The molecule has 2 aromatic rings. The van der Waals surface area contributed by atoms with Crippen molar-refractivity contribution in [3.63, 3.8) is 0 Å². The fourth-order valence-electron chi connectivity index (χ4n) is 3.20. The number of hydrogen-bond donors (Lipinski definition) is 1. The number of thioether (sulfide) groups is 1. The largest absolute Gasteiger partial charge is 0.507 e. The zero-order valence-corrected chi connectivity index (χ0v) is 18.3. The number of phenolic OH excluding ortho intramolecular Hbond substituents is 1. The Morgan fingerprint density at radius 3 is 2.77 bits per heavy atom. The number of nitrogens with zero attached hydrogens (tertiary/aromatic N) is 3. The van der Waals surface area contributed by atoms with E-state index in [9.17, 15) is 14.7 Å². The van der Waals surface area contributed by atoms with Gasteiger partial charge in [-0.2, -0.15) is 0 Å². The highest BCUT2D eigenvalue weighted by molar-refractivity contribution is 8.18. The molecular weight excluding hydrogens is 438 g/mol. The molecule has 0 aromatic heterocycles. The van der Waals surface area contributed by atoms with Crippen LogP contribution in [-0.2, 0) is 9.53 Å². The highest BCUT2D eigenvalue weighted by atomic mass is 35.5. The minimum atomic E-state index is -0.233. The van der Waals surface area contributed by atoms with Crippen molar-refractivity contribution >= 4 is 52.1 Å². The summed E-state index contributed by atoms with van der Waals surface area (Å²) in [5.41, 5.74) is 1.57. The third kappa shape index (κ3) is 4.76. The Morgan fingerprint density at radius 1 is 1.23 bits per heavy atom. The van der Waals surface area contributed by atoms with Gasteiger partial charge in [0.25, 0.3) is 11.8 Å². The van der Waals surface area contributed by atoms with Crippen LogP contribution >= 0.6 is 23.4 Å². The normalized spacial score (nSPS) is 19.5. The smallest absolute Gasteiger partial charge is 0.266 e. The molecule has 2 amide bonds. The Hall–Kier alpha value is -2.81. The van der Waals surface area contributed by atoms with Crippen LogP contribution in [0.4, 0.5) is 5.69 Å². The van der Waals surface area contributed by atoms with Gasteiger partial charge in [0.2, 0.25) is 0 Å². The number of hydrogen-bond acceptors (Lipinski definition) is 6. The van der Waals surface area contributed by atoms with Gasteiger partial charge < -0.3 is 14.7 Å². The number of aromatic hydroxyl groups is 1. The number of halogens is 1. The molecule has 0 bridgehead atoms. The van der Waals surface area contributed by atoms with Gasteiger partial charge in [0.1, 0.15) is 5.75 Å². The number of carbonyl (C=O) groups is 2. The Bertz CT molecular complexity index is 1100. The van der Waals surface area contributed by atoms with Crippen molar-refractivity contribution in [3.8, 4) is 5.75 Å². The van der Waals surface area contributed by atoms with Crippen LogP contribution in [0.25, 0.3) is 6.08 Å². The topological polar surface area (TPSA) is 82.4 Å². The average Bonchev–Trinajstić information content (AvgIpc) is 3.04. The minimum Gasteiger partial charge on any atom is -0.507 e. The van der Waals surface area contributed by atoms with E-state index in [-0.39, 0.29) is 17.6 Å². The second kappa shape index (κ2) is 9.13. The summed E-state index contributed by atoms with van der Waals surface area (Å²) in [4.78, 5) is 33.6. The van der Waals surface area contributed by atoms with Crippen molar-refractivity contribution < 1.29 is 19.4 Å². The summed E-state index contributed by atoms with van der Waals surface area (Å²) in [6, 6.07) is 11.7. The third-order valence-electron chi connectivity index (χ3n) is 4.90. The van der Waals surface area contributed by atoms with Gasteiger partial charge in [0.05, 0.1) is 23.8 Å². The second-order valence-corrected chi connectivity index (χ2v) is 8.47. The third-order valence-corrected chi connectivity index (χ3v) is 6.19. The van der Waals surface area contributed by atoms with E-state index in [1.807, 2.05) is 0 Å². The first-order valence-electron chi connectivity index (χ1n) is 9.64. The standard InChI is InChI=1S/C22H20ClN3O4S/c1-25-21(29)19(13-15-11-16(23)5-6-18(15)27)31-22(25)24-17-4-2-3-14(12-17)20(28)26-7-9-30-10-8-26/h2-6,11-13,27H,7-10H2,1H3/b19-13+,24-22?. The number of benzene rings is 2. The quantitative estimate of drug-likeness (QED) is 0.710. The first-order valence-corrected chi connectivity index (χ1v) is 10.8. The van der Waals surface area contributed by atoms with Crippen molar-refractivity contribution in [2.24, 2.45) is 4.99 Å². The highest BCUT2D eigenvalue weighted by Gasteiger charge is 2.30. The molecular formula is C22H20ClN3O4S. The number of phenols is 1. The number of aliphatic imine (C=N–C) groups is 1. The summed E-state index contributed by atoms with van der Waals surface area (Å²) in [6.07, 6.45) is 1.59. The molecule has 4 rings (SSSR count). The number of morpholine rings is 1. The number of carbonyl (C=O) groups excluding carboxylic acids is 2. The Balaban J connectivity index is 1.58. The number of amidine groups is 1. The molecule has 0 atom stereocenters. The molecule has 0 radical (unpaired) electrons. The maximum atomic E-state index is 12.7. The van der Waals surface area contributed by atoms with Crippen molar-refractivity contribution in [3.05, 3.63) is 63.5 Å². The molecule has 0 saturated carbocycles. The molecule has 0 spiro atoms. The van der Waals surface area contributed by atoms with Gasteiger partial charge in [-0.25, -0.2) is 4.99 Å². The molecule has 31 heavy (non-hydrogen) atoms. The monoisotopic (exact) mass is 457 g/mol. The van der Waals surface area contributed by atoms with Gasteiger partial charge in [-0.15, -0.1) is 0 Å². The molecule has 2 fully saturated rings. The van der Waals surface area contributed by atoms with E-state index in [2.05, 4.69) is 4.99 Å². The Kier molecular flexibility index (Phi) is 6.31. The minimum absolute atomic E-state index is 0.0349. The highest BCUT2D eigenvalue weighted by Crippen LogP contribution is 2.35. The molecule has 1 N–H and O–H groups in total. The lowest BCUT2D eigenvalue weighted by Gasteiger charge is -2.26. The van der Waals surface area contributed by atoms with Crippen LogP contribution in [0.1, 0.15) is 15.9 Å². The lowest BCUT2D eigenvalue weighted by Crippen LogP contribution is -2.40. The van der Waals surface area contributed by atoms with Crippen molar-refractivity contribution in [1.29, 1.82) is 0 Å². The first-order chi connectivity index (χ1) is 14.9. The average molecular weight is 458 g/mol. The zero-order valence-electron chi connectivity index (χ0n) is 16.7. The second-order valence-electron chi connectivity index (χ2n) is 7.03. The van der Waals surface area contributed by atoms with Gasteiger partial charge in [0, 0.05) is 36.3 Å².